The highest BCUT2D eigenvalue weighted by Gasteiger charge is 2.06. The monoisotopic (exact) mass is 265 g/mol. The first-order valence-electron chi connectivity index (χ1n) is 5.92. The molecule has 0 amide bonds. The summed E-state index contributed by atoms with van der Waals surface area (Å²) in [7, 11) is 0. The van der Waals surface area contributed by atoms with Crippen LogP contribution in [0.25, 0.3) is 0 Å². The van der Waals surface area contributed by atoms with Crippen LogP contribution >= 0.6 is 11.6 Å². The van der Waals surface area contributed by atoms with E-state index < -0.39 is 0 Å². The number of nitrogens with zero attached hydrogens (tertiary/aromatic N) is 1. The standard InChI is InChI=1S/C13H16ClN3O/c14-12-5-1-3-10(7-12)9-17-13(18)11(8-16-17)4-2-6-15/h1,3,5,7-8,16H,2,4,6,9,15H2. The molecule has 1 aromatic carbocycles. The number of hydrogen-bond acceptors (Lipinski definition) is 2. The molecule has 96 valence electrons. The molecule has 4 nitrogen and oxygen atoms in total. The van der Waals surface area contributed by atoms with Gasteiger partial charge in [-0.1, -0.05) is 23.7 Å². The Morgan fingerprint density at radius 1 is 1.39 bits per heavy atom. The van der Waals surface area contributed by atoms with Gasteiger partial charge >= 0.3 is 0 Å². The lowest BCUT2D eigenvalue weighted by atomic mass is 10.2. The Labute approximate surface area is 110 Å². The summed E-state index contributed by atoms with van der Waals surface area (Å²) in [5, 5.41) is 3.65. The van der Waals surface area contributed by atoms with E-state index in [-0.39, 0.29) is 5.56 Å². The highest BCUT2D eigenvalue weighted by atomic mass is 35.5. The normalized spacial score (nSPS) is 10.8. The third-order valence-corrected chi connectivity index (χ3v) is 3.03. The first-order chi connectivity index (χ1) is 8.70. The molecule has 2 aromatic rings. The summed E-state index contributed by atoms with van der Waals surface area (Å²) < 4.78 is 1.58. The van der Waals surface area contributed by atoms with Gasteiger partial charge in [0.2, 0.25) is 0 Å². The fraction of sp³-hybridized carbons (Fsp3) is 0.308. The molecule has 5 heteroatoms. The molecule has 0 aliphatic heterocycles. The van der Waals surface area contributed by atoms with Gasteiger partial charge in [0, 0.05) is 16.8 Å². The second-order valence-corrected chi connectivity index (χ2v) is 4.65. The smallest absolute Gasteiger partial charge is 0.269 e. The molecule has 0 bridgehead atoms. The maximum absolute atomic E-state index is 12.0. The van der Waals surface area contributed by atoms with Crippen molar-refractivity contribution in [3.8, 4) is 0 Å². The summed E-state index contributed by atoms with van der Waals surface area (Å²) in [6.45, 7) is 1.10. The van der Waals surface area contributed by atoms with Crippen LogP contribution in [0.3, 0.4) is 0 Å². The molecule has 0 aliphatic rings. The van der Waals surface area contributed by atoms with Crippen molar-refractivity contribution >= 4 is 11.6 Å². The average Bonchev–Trinajstić information content (AvgIpc) is 2.69. The Morgan fingerprint density at radius 3 is 2.94 bits per heavy atom. The second-order valence-electron chi connectivity index (χ2n) is 4.21. The van der Waals surface area contributed by atoms with Crippen molar-refractivity contribution in [2.24, 2.45) is 5.73 Å². The topological polar surface area (TPSA) is 63.8 Å². The van der Waals surface area contributed by atoms with Crippen molar-refractivity contribution in [1.82, 2.24) is 9.78 Å². The maximum Gasteiger partial charge on any atom is 0.269 e. The Morgan fingerprint density at radius 2 is 2.22 bits per heavy atom. The zero-order valence-electron chi connectivity index (χ0n) is 10.0. The molecule has 1 heterocycles. The highest BCUT2D eigenvalue weighted by Crippen LogP contribution is 2.11. The van der Waals surface area contributed by atoms with E-state index in [9.17, 15) is 4.79 Å². The number of halogens is 1. The minimum Gasteiger partial charge on any atom is -0.330 e. The highest BCUT2D eigenvalue weighted by molar-refractivity contribution is 6.30. The number of H-pyrrole nitrogens is 1. The van der Waals surface area contributed by atoms with E-state index in [1.165, 1.54) is 0 Å². The summed E-state index contributed by atoms with van der Waals surface area (Å²) in [4.78, 5) is 12.0. The van der Waals surface area contributed by atoms with Crippen LogP contribution in [-0.2, 0) is 13.0 Å². The van der Waals surface area contributed by atoms with Gasteiger partial charge in [-0.05, 0) is 37.1 Å². The quantitative estimate of drug-likeness (QED) is 0.865. The molecular weight excluding hydrogens is 250 g/mol. The largest absolute Gasteiger partial charge is 0.330 e. The van der Waals surface area contributed by atoms with E-state index in [1.807, 2.05) is 24.3 Å². The molecule has 2 rings (SSSR count). The molecule has 0 radical (unpaired) electrons. The molecule has 0 spiro atoms. The molecule has 0 fully saturated rings. The van der Waals surface area contributed by atoms with E-state index in [4.69, 9.17) is 17.3 Å². The van der Waals surface area contributed by atoms with Gasteiger partial charge in [-0.3, -0.25) is 4.79 Å². The predicted molar refractivity (Wildman–Crippen MR) is 73.0 cm³/mol. The molecule has 18 heavy (non-hydrogen) atoms. The summed E-state index contributed by atoms with van der Waals surface area (Å²) in [6.07, 6.45) is 3.29. The summed E-state index contributed by atoms with van der Waals surface area (Å²) in [5.74, 6) is 0. The summed E-state index contributed by atoms with van der Waals surface area (Å²) in [5.41, 5.74) is 7.23. The number of aryl methyl sites for hydroxylation is 1. The van der Waals surface area contributed by atoms with Crippen LogP contribution in [0.2, 0.25) is 5.02 Å². The lowest BCUT2D eigenvalue weighted by Crippen LogP contribution is -2.20. The number of nitrogens with one attached hydrogen (secondary N) is 1. The summed E-state index contributed by atoms with van der Waals surface area (Å²) >= 11 is 5.91. The van der Waals surface area contributed by atoms with Crippen LogP contribution in [0.1, 0.15) is 17.5 Å². The third-order valence-electron chi connectivity index (χ3n) is 2.79. The second kappa shape index (κ2) is 5.89. The van der Waals surface area contributed by atoms with E-state index in [0.717, 1.165) is 17.5 Å². The Kier molecular flexibility index (Phi) is 4.23. The zero-order chi connectivity index (χ0) is 13.0. The van der Waals surface area contributed by atoms with Crippen molar-refractivity contribution in [2.75, 3.05) is 6.54 Å². The van der Waals surface area contributed by atoms with Gasteiger partial charge < -0.3 is 10.8 Å². The van der Waals surface area contributed by atoms with Crippen LogP contribution in [0.15, 0.2) is 35.3 Å². The van der Waals surface area contributed by atoms with E-state index in [2.05, 4.69) is 5.10 Å². The number of benzene rings is 1. The number of aromatic amines is 1. The SMILES string of the molecule is NCCCc1c[nH]n(Cc2cccc(Cl)c2)c1=O. The maximum atomic E-state index is 12.0. The van der Waals surface area contributed by atoms with Crippen molar-refractivity contribution in [3.05, 3.63) is 57.0 Å². The van der Waals surface area contributed by atoms with E-state index in [1.54, 1.807) is 10.9 Å². The molecule has 0 saturated carbocycles. The zero-order valence-corrected chi connectivity index (χ0v) is 10.8. The van der Waals surface area contributed by atoms with Crippen LogP contribution in [0.4, 0.5) is 0 Å². The van der Waals surface area contributed by atoms with Crippen LogP contribution in [-0.4, -0.2) is 16.3 Å². The Hall–Kier alpha value is -1.52. The minimum absolute atomic E-state index is 0.0171. The average molecular weight is 266 g/mol. The fourth-order valence-corrected chi connectivity index (χ4v) is 2.07. The Balaban J connectivity index is 2.15. The summed E-state index contributed by atoms with van der Waals surface area (Å²) in [6, 6.07) is 7.49. The van der Waals surface area contributed by atoms with Crippen LogP contribution in [0.5, 0.6) is 0 Å². The fourth-order valence-electron chi connectivity index (χ4n) is 1.86. The lowest BCUT2D eigenvalue weighted by molar-refractivity contribution is 0.661. The van der Waals surface area contributed by atoms with Gasteiger partial charge in [0.25, 0.3) is 5.56 Å². The van der Waals surface area contributed by atoms with Gasteiger partial charge in [-0.25, -0.2) is 4.68 Å². The third kappa shape index (κ3) is 3.03. The number of rotatable bonds is 5. The van der Waals surface area contributed by atoms with Gasteiger partial charge in [-0.15, -0.1) is 0 Å². The number of hydrogen-bond donors (Lipinski definition) is 2. The first kappa shape index (κ1) is 12.9. The molecule has 0 aliphatic carbocycles. The van der Waals surface area contributed by atoms with Crippen molar-refractivity contribution in [1.29, 1.82) is 0 Å². The van der Waals surface area contributed by atoms with Gasteiger partial charge in [0.15, 0.2) is 0 Å². The molecular formula is C13H16ClN3O. The molecule has 0 saturated heterocycles. The van der Waals surface area contributed by atoms with Crippen molar-refractivity contribution in [3.63, 3.8) is 0 Å². The molecule has 0 atom stereocenters. The predicted octanol–water partition coefficient (Wildman–Crippen LogP) is 1.77. The Bertz CT molecular complexity index is 574. The van der Waals surface area contributed by atoms with Crippen molar-refractivity contribution < 1.29 is 0 Å². The molecule has 3 N–H and O–H groups in total. The molecule has 1 aromatic heterocycles. The van der Waals surface area contributed by atoms with Gasteiger partial charge in [-0.2, -0.15) is 0 Å². The van der Waals surface area contributed by atoms with Crippen molar-refractivity contribution in [2.45, 2.75) is 19.4 Å². The van der Waals surface area contributed by atoms with E-state index >= 15 is 0 Å². The van der Waals surface area contributed by atoms with Crippen LogP contribution < -0.4 is 11.3 Å². The van der Waals surface area contributed by atoms with Gasteiger partial charge in [0.1, 0.15) is 0 Å². The number of nitrogens with two attached hydrogens (primary N) is 1. The minimum atomic E-state index is 0.0171. The first-order valence-corrected chi connectivity index (χ1v) is 6.30. The van der Waals surface area contributed by atoms with E-state index in [0.29, 0.717) is 24.5 Å². The molecule has 0 unspecified atom stereocenters. The van der Waals surface area contributed by atoms with Gasteiger partial charge in [0.05, 0.1) is 6.54 Å². The number of aromatic nitrogens is 2. The lowest BCUT2D eigenvalue weighted by Gasteiger charge is -2.02. The van der Waals surface area contributed by atoms with Crippen LogP contribution in [0, 0.1) is 0 Å².